The molecular formula is C69H73IN8O7. The Morgan fingerprint density at radius 3 is 2.35 bits per heavy atom. The minimum atomic E-state index is -0.223. The minimum absolute atomic E-state index is 0.0186. The Kier molecular flexibility index (Phi) is 18.3. The van der Waals surface area contributed by atoms with E-state index in [4.69, 9.17) is 33.7 Å². The number of anilines is 2. The number of nitrogens with zero attached hydrogens (tertiary/aromatic N) is 4. The second-order valence-electron chi connectivity index (χ2n) is 22.5. The molecule has 6 heterocycles. The van der Waals surface area contributed by atoms with Gasteiger partial charge in [0, 0.05) is 147 Å². The number of ether oxygens (including phenoxy) is 5. The highest BCUT2D eigenvalue weighted by Gasteiger charge is 2.44. The summed E-state index contributed by atoms with van der Waals surface area (Å²) in [6.07, 6.45) is 6.95. The summed E-state index contributed by atoms with van der Waals surface area (Å²) in [5, 5.41) is 7.42. The van der Waals surface area contributed by atoms with Crippen LogP contribution in [0.25, 0.3) is 17.0 Å². The lowest BCUT2D eigenvalue weighted by atomic mass is 9.81. The number of aliphatic imine (C=N–C) groups is 2. The van der Waals surface area contributed by atoms with Crippen molar-refractivity contribution in [2.24, 2.45) is 21.8 Å². The Bertz CT molecular complexity index is 3900. The standard InChI is InChI=1S/C69H73IN8O7/c1-9-50-39(2)54-34-60-65(43(6)85-37-47-16-11-17-48(70)28-47)41(4)56(76-60)32-55-40(3)51(67(77-55)53-30-61(79)66-42(5)57(78-68(53)66)33-59(50)75-54)21-22-64(80)71-36-46-15-10-13-44(27-46)19-20-45-14-12-18-49(29-45)74-69-52-31-62(83-25-23-81-7)63(84-26-24-82-8)35-58(52)72-38-73-69/h10-18,27-29,31-32,35,38,40,43,51,53-54,76,78H,9,21-26,30,33-34,36-37H2,1-8H3,(H,71,80)(H,72,73,74)/t40-,43?,51-,53?,54?/m0/s1/i70-3. The largest absolute Gasteiger partial charge is 0.487 e. The number of carbonyl (C=O) groups is 2. The van der Waals surface area contributed by atoms with Gasteiger partial charge in [-0.15, -0.1) is 0 Å². The highest BCUT2D eigenvalue weighted by molar-refractivity contribution is 14.1. The first-order chi connectivity index (χ1) is 41.3. The van der Waals surface area contributed by atoms with Gasteiger partial charge in [0.2, 0.25) is 5.91 Å². The average Bonchev–Trinajstić information content (AvgIpc) is 1.87. The fraction of sp³-hybridized carbons (Fsp3) is 0.362. The highest BCUT2D eigenvalue weighted by atomic mass is 124. The zero-order valence-electron chi connectivity index (χ0n) is 49.6. The van der Waals surface area contributed by atoms with Crippen LogP contribution in [0.2, 0.25) is 0 Å². The Balaban J connectivity index is 0.798. The number of H-pyrrole nitrogens is 2. The Morgan fingerprint density at radius 2 is 1.59 bits per heavy atom. The molecule has 1 aliphatic carbocycles. The van der Waals surface area contributed by atoms with Crippen LogP contribution in [0.5, 0.6) is 11.5 Å². The van der Waals surface area contributed by atoms with Gasteiger partial charge in [-0.25, -0.2) is 9.97 Å². The number of halogens is 1. The van der Waals surface area contributed by atoms with Crippen LogP contribution in [0.4, 0.5) is 11.5 Å². The van der Waals surface area contributed by atoms with Crippen molar-refractivity contribution in [2.75, 3.05) is 46.0 Å². The first-order valence-electron chi connectivity index (χ1n) is 29.4. The quantitative estimate of drug-likeness (QED) is 0.0325. The maximum atomic E-state index is 14.1. The van der Waals surface area contributed by atoms with Gasteiger partial charge in [0.05, 0.1) is 37.5 Å². The molecule has 1 amide bonds. The normalized spacial score (nSPS) is 18.2. The van der Waals surface area contributed by atoms with Crippen molar-refractivity contribution in [1.82, 2.24) is 25.3 Å². The van der Waals surface area contributed by atoms with Crippen LogP contribution in [-0.4, -0.2) is 89.7 Å². The predicted octanol–water partition coefficient (Wildman–Crippen LogP) is 13.1. The predicted molar refractivity (Wildman–Crippen MR) is 342 cm³/mol. The van der Waals surface area contributed by atoms with Gasteiger partial charge in [-0.05, 0) is 151 Å². The maximum Gasteiger partial charge on any atom is 0.220 e. The van der Waals surface area contributed by atoms with Crippen LogP contribution < -0.4 is 20.1 Å². The summed E-state index contributed by atoms with van der Waals surface area (Å²) in [7, 11) is 3.26. The molecule has 3 aliphatic heterocycles. The summed E-state index contributed by atoms with van der Waals surface area (Å²) >= 11 is 2.35. The van der Waals surface area contributed by atoms with E-state index >= 15 is 0 Å². The third-order valence-corrected chi connectivity index (χ3v) is 17.7. The van der Waals surface area contributed by atoms with Crippen molar-refractivity contribution < 1.29 is 33.3 Å². The van der Waals surface area contributed by atoms with E-state index in [-0.39, 0.29) is 41.6 Å². The van der Waals surface area contributed by atoms with Crippen molar-refractivity contribution in [3.05, 3.63) is 179 Å². The van der Waals surface area contributed by atoms with E-state index in [0.717, 1.165) is 102 Å². The molecule has 0 radical (unpaired) electrons. The number of nitrogens with one attached hydrogen (secondary N) is 4. The number of rotatable bonds is 20. The number of amides is 1. The fourth-order valence-corrected chi connectivity index (χ4v) is 13.2. The van der Waals surface area contributed by atoms with E-state index in [1.807, 2.05) is 60.7 Å². The maximum absolute atomic E-state index is 14.1. The number of aromatic nitrogens is 4. The third-order valence-electron chi connectivity index (χ3n) is 17.1. The van der Waals surface area contributed by atoms with Crippen molar-refractivity contribution in [1.29, 1.82) is 0 Å². The molecule has 8 bridgehead atoms. The van der Waals surface area contributed by atoms with Gasteiger partial charge in [0.25, 0.3) is 0 Å². The molecule has 15 nitrogen and oxygen atoms in total. The molecule has 7 aromatic rings. The number of carbonyl (C=O) groups excluding carboxylic acids is 2. The van der Waals surface area contributed by atoms with Gasteiger partial charge in [-0.2, -0.15) is 0 Å². The molecule has 4 aromatic carbocycles. The van der Waals surface area contributed by atoms with Crippen LogP contribution in [0.3, 0.4) is 0 Å². The summed E-state index contributed by atoms with van der Waals surface area (Å²) in [4.78, 5) is 55.9. The van der Waals surface area contributed by atoms with E-state index < -0.39 is 0 Å². The second kappa shape index (κ2) is 26.3. The first kappa shape index (κ1) is 59.1. The number of fused-ring (bicyclic) bond motifs is 7. The van der Waals surface area contributed by atoms with Gasteiger partial charge in [-0.3, -0.25) is 19.6 Å². The summed E-state index contributed by atoms with van der Waals surface area (Å²) in [6, 6.07) is 27.9. The molecule has 0 saturated carbocycles. The highest BCUT2D eigenvalue weighted by Crippen LogP contribution is 2.47. The zero-order chi connectivity index (χ0) is 59.3. The van der Waals surface area contributed by atoms with Crippen LogP contribution in [-0.2, 0) is 45.0 Å². The SMILES string of the molecule is CCC1=C(C)C2Cc3[nH]c(c(C)c3C(C)OCc3cccc([124I])c3)C=C3N=C(C4CC(=O)c5c4[nH]c(c5C)CC1=N2)[C@@H](CCC(=O)NCc1cccc(C#Cc2cccc(Nc4ncnc5cc(OCCOC)c(OCCOC)cc45)c2)c1)[C@@H]3C. The Hall–Kier alpha value is -7.69. The summed E-state index contributed by atoms with van der Waals surface area (Å²) in [5.74, 6) is 8.14. The Labute approximate surface area is 511 Å². The van der Waals surface area contributed by atoms with Crippen molar-refractivity contribution in [3.8, 4) is 23.3 Å². The molecule has 3 unspecified atom stereocenters. The fourth-order valence-electron chi connectivity index (χ4n) is 12.6. The molecule has 0 spiro atoms. The molecule has 11 rings (SSSR count). The molecule has 438 valence electrons. The van der Waals surface area contributed by atoms with E-state index in [1.54, 1.807) is 14.2 Å². The number of methoxy groups -OCH3 is 2. The summed E-state index contributed by atoms with van der Waals surface area (Å²) in [5.41, 5.74) is 18.9. The van der Waals surface area contributed by atoms with E-state index in [9.17, 15) is 9.59 Å². The first-order valence-corrected chi connectivity index (χ1v) is 30.5. The second-order valence-corrected chi connectivity index (χ2v) is 23.8. The smallest absolute Gasteiger partial charge is 0.220 e. The zero-order valence-corrected chi connectivity index (χ0v) is 51.8. The molecular weight excluding hydrogens is 1180 g/mol. The van der Waals surface area contributed by atoms with Crippen LogP contribution in [0.1, 0.15) is 137 Å². The van der Waals surface area contributed by atoms with Crippen molar-refractivity contribution >= 4 is 74.2 Å². The molecule has 16 heteroatoms. The minimum Gasteiger partial charge on any atom is -0.487 e. The van der Waals surface area contributed by atoms with Gasteiger partial charge in [0.1, 0.15) is 25.4 Å². The monoisotopic (exact) mass is 1250 g/mol. The lowest BCUT2D eigenvalue weighted by Crippen LogP contribution is -2.27. The molecule has 0 fully saturated rings. The van der Waals surface area contributed by atoms with Crippen molar-refractivity contribution in [3.63, 3.8) is 0 Å². The number of benzene rings is 4. The molecule has 3 aromatic heterocycles. The van der Waals surface area contributed by atoms with Crippen LogP contribution >= 0.6 is 22.6 Å². The van der Waals surface area contributed by atoms with E-state index in [1.165, 1.54) is 21.0 Å². The van der Waals surface area contributed by atoms with Crippen molar-refractivity contribution in [2.45, 2.75) is 111 Å². The number of allylic oxidation sites excluding steroid dienone is 2. The molecule has 4 N–H and O–H groups in total. The number of Topliss-reactive ketones (excluding diaryl/α,β-unsaturated/α-hetero) is 1. The van der Waals surface area contributed by atoms with Gasteiger partial charge in [0.15, 0.2) is 17.3 Å². The summed E-state index contributed by atoms with van der Waals surface area (Å²) < 4.78 is 30.3. The van der Waals surface area contributed by atoms with Gasteiger partial charge in [-0.1, -0.05) is 56.0 Å². The van der Waals surface area contributed by atoms with Crippen LogP contribution in [0, 0.1) is 41.1 Å². The van der Waals surface area contributed by atoms with E-state index in [2.05, 4.69) is 137 Å². The number of aromatic amines is 2. The Morgan fingerprint density at radius 1 is 0.847 bits per heavy atom. The van der Waals surface area contributed by atoms with Crippen LogP contribution in [0.15, 0.2) is 118 Å². The van der Waals surface area contributed by atoms with E-state index in [0.29, 0.717) is 94.5 Å². The molecule has 0 saturated heterocycles. The summed E-state index contributed by atoms with van der Waals surface area (Å²) in [6.45, 7) is 15.5. The van der Waals surface area contributed by atoms with Gasteiger partial charge >= 0.3 is 0 Å². The topological polar surface area (TPSA) is 186 Å². The number of ketones is 1. The average molecular weight is 1250 g/mol. The molecule has 5 atom stereocenters. The lowest BCUT2D eigenvalue weighted by molar-refractivity contribution is -0.121. The number of hydrogen-bond acceptors (Lipinski definition) is 12. The molecule has 85 heavy (non-hydrogen) atoms. The number of hydrogen-bond donors (Lipinski definition) is 4. The molecule has 4 aliphatic rings. The van der Waals surface area contributed by atoms with Gasteiger partial charge < -0.3 is 44.3 Å². The third kappa shape index (κ3) is 13.0. The lowest BCUT2D eigenvalue weighted by Gasteiger charge is -2.22.